The van der Waals surface area contributed by atoms with Crippen LogP contribution >= 0.6 is 0 Å². The minimum atomic E-state index is -0.714. The van der Waals surface area contributed by atoms with Crippen molar-refractivity contribution >= 4 is 11.9 Å². The first kappa shape index (κ1) is 24.2. The highest BCUT2D eigenvalue weighted by atomic mass is 19.1. The normalized spacial score (nSPS) is 19.5. The molecule has 0 bridgehead atoms. The maximum absolute atomic E-state index is 13.8. The highest BCUT2D eigenvalue weighted by molar-refractivity contribution is 5.95. The Hall–Kier alpha value is -3.52. The molecule has 36 heavy (non-hydrogen) atoms. The summed E-state index contributed by atoms with van der Waals surface area (Å²) in [6, 6.07) is 14.1. The van der Waals surface area contributed by atoms with Crippen molar-refractivity contribution in [3.8, 4) is 11.4 Å². The van der Waals surface area contributed by atoms with Crippen molar-refractivity contribution in [2.75, 3.05) is 0 Å². The van der Waals surface area contributed by atoms with Crippen LogP contribution in [0, 0.1) is 5.82 Å². The highest BCUT2D eigenvalue weighted by Gasteiger charge is 2.32. The zero-order valence-electron chi connectivity index (χ0n) is 20.5. The van der Waals surface area contributed by atoms with E-state index in [1.165, 1.54) is 12.1 Å². The van der Waals surface area contributed by atoms with Crippen LogP contribution in [0.2, 0.25) is 0 Å². The van der Waals surface area contributed by atoms with Gasteiger partial charge in [0.25, 0.3) is 5.91 Å². The summed E-state index contributed by atoms with van der Waals surface area (Å²) in [4.78, 5) is 32.2. The maximum atomic E-state index is 13.8. The molecule has 1 amide bonds. The molecular weight excluding hydrogens is 461 g/mol. The third-order valence-electron chi connectivity index (χ3n) is 6.90. The molecule has 188 valence electrons. The number of imidazole rings is 1. The van der Waals surface area contributed by atoms with Crippen molar-refractivity contribution < 1.29 is 23.8 Å². The van der Waals surface area contributed by atoms with Crippen LogP contribution in [0.25, 0.3) is 11.4 Å². The molecule has 1 unspecified atom stereocenters. The number of benzene rings is 2. The van der Waals surface area contributed by atoms with E-state index in [0.29, 0.717) is 49.6 Å². The van der Waals surface area contributed by atoms with Gasteiger partial charge in [0, 0.05) is 38.0 Å². The van der Waals surface area contributed by atoms with Crippen LogP contribution in [0.15, 0.2) is 48.5 Å². The van der Waals surface area contributed by atoms with Crippen molar-refractivity contribution in [3.63, 3.8) is 0 Å². The molecule has 2 aromatic carbocycles. The van der Waals surface area contributed by atoms with Crippen LogP contribution in [0.5, 0.6) is 0 Å². The topological polar surface area (TPSA) is 84.7 Å². The van der Waals surface area contributed by atoms with Crippen molar-refractivity contribution in [2.24, 2.45) is 0 Å². The number of aliphatic hydroxyl groups excluding tert-OH is 1. The Labute approximate surface area is 209 Å². The van der Waals surface area contributed by atoms with E-state index in [1.54, 1.807) is 17.0 Å². The second-order valence-electron chi connectivity index (χ2n) is 9.91. The van der Waals surface area contributed by atoms with Gasteiger partial charge in [-0.25, -0.2) is 9.37 Å². The molecule has 1 aromatic heterocycles. The molecular formula is C28H30FN3O4. The fourth-order valence-electron chi connectivity index (χ4n) is 5.19. The van der Waals surface area contributed by atoms with Crippen LogP contribution in [0.4, 0.5) is 4.39 Å². The number of carbonyl (C=O) groups is 2. The molecule has 7 nitrogen and oxygen atoms in total. The molecule has 3 aromatic rings. The number of carbonyl (C=O) groups excluding carboxylic acids is 2. The number of fused-ring (bicyclic) bond motifs is 1. The number of halogens is 1. The van der Waals surface area contributed by atoms with Crippen LogP contribution in [-0.2, 0) is 29.2 Å². The third kappa shape index (κ3) is 4.78. The fourth-order valence-corrected chi connectivity index (χ4v) is 5.19. The molecule has 0 saturated carbocycles. The molecule has 5 rings (SSSR count). The number of esters is 1. The standard InChI is InChI=1S/C28H30FN3O4/c1-17(2)26-25(28(35)31-15-19-5-3-4-6-20(19)16-31)30-27(18-7-9-21(29)10-8-18)32(26)12-11-23-13-22(33)14-24(34)36-23/h3-10,17,22-23,33H,11-16H2,1-2H3/t22-,23?/m1/s1. The lowest BCUT2D eigenvalue weighted by atomic mass is 10.0. The Morgan fingerprint density at radius 3 is 2.42 bits per heavy atom. The van der Waals surface area contributed by atoms with Gasteiger partial charge in [-0.2, -0.15) is 0 Å². The van der Waals surface area contributed by atoms with Gasteiger partial charge in [-0.3, -0.25) is 9.59 Å². The van der Waals surface area contributed by atoms with Gasteiger partial charge in [-0.15, -0.1) is 0 Å². The number of aliphatic hydroxyl groups is 1. The molecule has 2 atom stereocenters. The summed E-state index contributed by atoms with van der Waals surface area (Å²) in [5.41, 5.74) is 4.14. The summed E-state index contributed by atoms with van der Waals surface area (Å²) < 4.78 is 21.1. The highest BCUT2D eigenvalue weighted by Crippen LogP contribution is 2.32. The number of nitrogens with zero attached hydrogens (tertiary/aromatic N) is 3. The third-order valence-corrected chi connectivity index (χ3v) is 6.90. The number of hydrogen-bond donors (Lipinski definition) is 1. The lowest BCUT2D eigenvalue weighted by Gasteiger charge is -2.26. The number of aromatic nitrogens is 2. The SMILES string of the molecule is CC(C)c1c(C(=O)N2Cc3ccccc3C2)nc(-c2ccc(F)cc2)n1CCC1C[C@@H](O)CC(=O)O1. The summed E-state index contributed by atoms with van der Waals surface area (Å²) in [6.45, 7) is 5.53. The van der Waals surface area contributed by atoms with Crippen molar-refractivity contribution in [2.45, 2.75) is 70.9 Å². The average Bonchev–Trinajstić information content (AvgIpc) is 3.44. The van der Waals surface area contributed by atoms with E-state index < -0.39 is 18.2 Å². The van der Waals surface area contributed by atoms with Crippen molar-refractivity contribution in [3.05, 3.63) is 76.9 Å². The Bertz CT molecular complexity index is 1260. The smallest absolute Gasteiger partial charge is 0.308 e. The quantitative estimate of drug-likeness (QED) is 0.516. The largest absolute Gasteiger partial charge is 0.462 e. The van der Waals surface area contributed by atoms with Gasteiger partial charge in [-0.1, -0.05) is 38.1 Å². The number of hydrogen-bond acceptors (Lipinski definition) is 5. The monoisotopic (exact) mass is 491 g/mol. The second-order valence-corrected chi connectivity index (χ2v) is 9.91. The molecule has 1 fully saturated rings. The summed E-state index contributed by atoms with van der Waals surface area (Å²) in [5, 5.41) is 10.0. The zero-order valence-corrected chi connectivity index (χ0v) is 20.5. The van der Waals surface area contributed by atoms with E-state index in [4.69, 9.17) is 9.72 Å². The van der Waals surface area contributed by atoms with E-state index in [1.807, 2.05) is 42.7 Å². The van der Waals surface area contributed by atoms with Gasteiger partial charge in [0.15, 0.2) is 5.69 Å². The molecule has 0 radical (unpaired) electrons. The first-order valence-electron chi connectivity index (χ1n) is 12.4. The minimum Gasteiger partial charge on any atom is -0.462 e. The predicted molar refractivity (Wildman–Crippen MR) is 131 cm³/mol. The predicted octanol–water partition coefficient (Wildman–Crippen LogP) is 4.43. The summed E-state index contributed by atoms with van der Waals surface area (Å²) in [7, 11) is 0. The Kier molecular flexibility index (Phi) is 6.62. The van der Waals surface area contributed by atoms with E-state index >= 15 is 0 Å². The van der Waals surface area contributed by atoms with Gasteiger partial charge in [0.05, 0.1) is 18.2 Å². The molecule has 2 aliphatic heterocycles. The average molecular weight is 492 g/mol. The van der Waals surface area contributed by atoms with E-state index in [9.17, 15) is 19.1 Å². The van der Waals surface area contributed by atoms with Gasteiger partial charge in [0.2, 0.25) is 0 Å². The van der Waals surface area contributed by atoms with Crippen LogP contribution in [-0.4, -0.2) is 43.6 Å². The lowest BCUT2D eigenvalue weighted by Crippen LogP contribution is -2.33. The molecule has 1 saturated heterocycles. The second kappa shape index (κ2) is 9.85. The van der Waals surface area contributed by atoms with Gasteiger partial charge < -0.3 is 19.3 Å². The van der Waals surface area contributed by atoms with Crippen LogP contribution < -0.4 is 0 Å². The molecule has 0 spiro atoms. The van der Waals surface area contributed by atoms with Crippen LogP contribution in [0.3, 0.4) is 0 Å². The first-order valence-corrected chi connectivity index (χ1v) is 12.4. The number of rotatable bonds is 6. The molecule has 8 heteroatoms. The molecule has 3 heterocycles. The maximum Gasteiger partial charge on any atom is 0.308 e. The molecule has 0 aliphatic carbocycles. The first-order chi connectivity index (χ1) is 17.3. The molecule has 2 aliphatic rings. The van der Waals surface area contributed by atoms with Crippen molar-refractivity contribution in [1.82, 2.24) is 14.5 Å². The Morgan fingerprint density at radius 2 is 1.81 bits per heavy atom. The Balaban J connectivity index is 1.51. The van der Waals surface area contributed by atoms with Gasteiger partial charge in [0.1, 0.15) is 17.7 Å². The number of amides is 1. The minimum absolute atomic E-state index is 0.0104. The van der Waals surface area contributed by atoms with E-state index in [0.717, 1.165) is 16.8 Å². The summed E-state index contributed by atoms with van der Waals surface area (Å²) in [5.74, 6) is -0.347. The van der Waals surface area contributed by atoms with E-state index in [-0.39, 0.29) is 24.1 Å². The Morgan fingerprint density at radius 1 is 1.14 bits per heavy atom. The van der Waals surface area contributed by atoms with Crippen LogP contribution in [0.1, 0.15) is 66.3 Å². The lowest BCUT2D eigenvalue weighted by molar-refractivity contribution is -0.160. The van der Waals surface area contributed by atoms with Gasteiger partial charge in [-0.05, 0) is 41.3 Å². The fraction of sp³-hybridized carbons (Fsp3) is 0.393. The zero-order chi connectivity index (χ0) is 25.4. The number of ether oxygens (including phenoxy) is 1. The van der Waals surface area contributed by atoms with Crippen molar-refractivity contribution in [1.29, 1.82) is 0 Å². The molecule has 1 N–H and O–H groups in total. The summed E-state index contributed by atoms with van der Waals surface area (Å²) >= 11 is 0. The van der Waals surface area contributed by atoms with Gasteiger partial charge >= 0.3 is 5.97 Å². The van der Waals surface area contributed by atoms with E-state index in [2.05, 4.69) is 0 Å². The number of cyclic esters (lactones) is 1. The summed E-state index contributed by atoms with van der Waals surface area (Å²) in [6.07, 6.45) is -0.279.